The van der Waals surface area contributed by atoms with Gasteiger partial charge >= 0.3 is 0 Å². The maximum Gasteiger partial charge on any atom is 0.252 e. The minimum Gasteiger partial charge on any atom is -0.497 e. The summed E-state index contributed by atoms with van der Waals surface area (Å²) in [6.45, 7) is 0. The van der Waals surface area contributed by atoms with Crippen LogP contribution in [-0.4, -0.2) is 27.3 Å². The first-order chi connectivity index (χ1) is 10.3. The second-order valence-corrected chi connectivity index (χ2v) is 4.24. The van der Waals surface area contributed by atoms with Crippen LogP contribution in [-0.2, 0) is 0 Å². The fourth-order valence-corrected chi connectivity index (χ4v) is 1.82. The molecule has 106 valence electrons. The zero-order valence-electron chi connectivity index (χ0n) is 11.2. The Morgan fingerprint density at radius 2 is 1.76 bits per heavy atom. The van der Waals surface area contributed by atoms with E-state index >= 15 is 0 Å². The average molecular weight is 285 g/mol. The van der Waals surface area contributed by atoms with Gasteiger partial charge in [-0.15, -0.1) is 0 Å². The van der Waals surface area contributed by atoms with Crippen molar-refractivity contribution < 1.29 is 9.13 Å². The molecular formula is C14H12FN5O. The largest absolute Gasteiger partial charge is 0.497 e. The maximum absolute atomic E-state index is 12.9. The van der Waals surface area contributed by atoms with Gasteiger partial charge in [-0.2, -0.15) is 4.68 Å². The SMILES string of the molecule is COc1ccc(-n2nnnc2Nc2ccc(F)cc2)cc1. The summed E-state index contributed by atoms with van der Waals surface area (Å²) in [6.07, 6.45) is 0. The molecule has 2 aromatic carbocycles. The number of nitrogens with zero attached hydrogens (tertiary/aromatic N) is 4. The summed E-state index contributed by atoms with van der Waals surface area (Å²) in [4.78, 5) is 0. The Balaban J connectivity index is 1.87. The number of aromatic nitrogens is 4. The van der Waals surface area contributed by atoms with Gasteiger partial charge in [0, 0.05) is 5.69 Å². The van der Waals surface area contributed by atoms with Crippen LogP contribution in [0, 0.1) is 5.82 Å². The van der Waals surface area contributed by atoms with Crippen LogP contribution in [0.15, 0.2) is 48.5 Å². The standard InChI is InChI=1S/C14H12FN5O/c1-21-13-8-6-12(7-9-13)20-14(17-18-19-20)16-11-4-2-10(15)3-5-11/h2-9H,1H3,(H,16,17,19). The van der Waals surface area contributed by atoms with Gasteiger partial charge in [-0.1, -0.05) is 5.10 Å². The van der Waals surface area contributed by atoms with E-state index in [4.69, 9.17) is 4.74 Å². The number of nitrogens with one attached hydrogen (secondary N) is 1. The number of hydrogen-bond donors (Lipinski definition) is 1. The van der Waals surface area contributed by atoms with Crippen molar-refractivity contribution in [2.75, 3.05) is 12.4 Å². The van der Waals surface area contributed by atoms with Crippen molar-refractivity contribution in [1.82, 2.24) is 20.2 Å². The van der Waals surface area contributed by atoms with Gasteiger partial charge in [0.1, 0.15) is 11.6 Å². The Hall–Kier alpha value is -2.96. The van der Waals surface area contributed by atoms with E-state index in [1.54, 1.807) is 23.9 Å². The van der Waals surface area contributed by atoms with Crippen molar-refractivity contribution in [3.05, 3.63) is 54.3 Å². The third kappa shape index (κ3) is 2.81. The molecule has 6 nitrogen and oxygen atoms in total. The molecule has 0 unspecified atom stereocenters. The Morgan fingerprint density at radius 1 is 1.05 bits per heavy atom. The number of tetrazole rings is 1. The van der Waals surface area contributed by atoms with E-state index in [-0.39, 0.29) is 5.82 Å². The van der Waals surface area contributed by atoms with Crippen LogP contribution >= 0.6 is 0 Å². The average Bonchev–Trinajstić information content (AvgIpc) is 2.98. The van der Waals surface area contributed by atoms with Gasteiger partial charge in [-0.05, 0) is 59.0 Å². The highest BCUT2D eigenvalue weighted by atomic mass is 19.1. The second kappa shape index (κ2) is 5.58. The van der Waals surface area contributed by atoms with Crippen molar-refractivity contribution >= 4 is 11.6 Å². The van der Waals surface area contributed by atoms with Crippen LogP contribution in [0.25, 0.3) is 5.69 Å². The Morgan fingerprint density at radius 3 is 2.43 bits per heavy atom. The monoisotopic (exact) mass is 285 g/mol. The fourth-order valence-electron chi connectivity index (χ4n) is 1.82. The molecule has 3 rings (SSSR count). The van der Waals surface area contributed by atoms with Crippen LogP contribution in [0.2, 0.25) is 0 Å². The molecule has 1 aromatic heterocycles. The maximum atomic E-state index is 12.9. The number of hydrogen-bond acceptors (Lipinski definition) is 5. The van der Waals surface area contributed by atoms with E-state index < -0.39 is 0 Å². The molecule has 0 aliphatic heterocycles. The van der Waals surface area contributed by atoms with E-state index in [1.165, 1.54) is 12.1 Å². The van der Waals surface area contributed by atoms with Crippen molar-refractivity contribution in [3.63, 3.8) is 0 Å². The van der Waals surface area contributed by atoms with E-state index in [9.17, 15) is 4.39 Å². The lowest BCUT2D eigenvalue weighted by molar-refractivity contribution is 0.414. The molecular weight excluding hydrogens is 273 g/mol. The van der Waals surface area contributed by atoms with Crippen LogP contribution in [0.4, 0.5) is 16.0 Å². The topological polar surface area (TPSA) is 64.9 Å². The van der Waals surface area contributed by atoms with Gasteiger partial charge in [0.05, 0.1) is 12.8 Å². The zero-order chi connectivity index (χ0) is 14.7. The van der Waals surface area contributed by atoms with Gasteiger partial charge in [0.2, 0.25) is 0 Å². The van der Waals surface area contributed by atoms with Crippen LogP contribution in [0.3, 0.4) is 0 Å². The lowest BCUT2D eigenvalue weighted by atomic mass is 10.3. The molecule has 0 atom stereocenters. The lowest BCUT2D eigenvalue weighted by Gasteiger charge is -2.07. The highest BCUT2D eigenvalue weighted by molar-refractivity contribution is 5.54. The second-order valence-electron chi connectivity index (χ2n) is 4.24. The summed E-state index contributed by atoms with van der Waals surface area (Å²) in [5.74, 6) is 0.891. The highest BCUT2D eigenvalue weighted by Crippen LogP contribution is 2.19. The normalized spacial score (nSPS) is 10.4. The predicted molar refractivity (Wildman–Crippen MR) is 75.4 cm³/mol. The molecule has 0 aliphatic carbocycles. The Labute approximate surface area is 120 Å². The van der Waals surface area contributed by atoms with Crippen molar-refractivity contribution in [1.29, 1.82) is 0 Å². The molecule has 7 heteroatoms. The molecule has 0 aliphatic rings. The molecule has 3 aromatic rings. The fraction of sp³-hybridized carbons (Fsp3) is 0.0714. The number of methoxy groups -OCH3 is 1. The minimum absolute atomic E-state index is 0.296. The number of ether oxygens (including phenoxy) is 1. The summed E-state index contributed by atoms with van der Waals surface area (Å²) in [5.41, 5.74) is 1.48. The molecule has 0 saturated carbocycles. The van der Waals surface area contributed by atoms with E-state index in [2.05, 4.69) is 20.8 Å². The van der Waals surface area contributed by atoms with Gasteiger partial charge in [-0.25, -0.2) is 4.39 Å². The minimum atomic E-state index is -0.296. The van der Waals surface area contributed by atoms with Crippen LogP contribution in [0.1, 0.15) is 0 Å². The van der Waals surface area contributed by atoms with Crippen LogP contribution < -0.4 is 10.1 Å². The van der Waals surface area contributed by atoms with Gasteiger partial charge in [0.25, 0.3) is 5.95 Å². The summed E-state index contributed by atoms with van der Waals surface area (Å²) < 4.78 is 19.6. The summed E-state index contributed by atoms with van der Waals surface area (Å²) >= 11 is 0. The molecule has 0 bridgehead atoms. The van der Waals surface area contributed by atoms with Gasteiger partial charge in [0.15, 0.2) is 0 Å². The van der Waals surface area contributed by atoms with Crippen molar-refractivity contribution in [3.8, 4) is 11.4 Å². The Bertz CT molecular complexity index is 724. The zero-order valence-corrected chi connectivity index (χ0v) is 11.2. The first-order valence-corrected chi connectivity index (χ1v) is 6.21. The first kappa shape index (κ1) is 13.0. The van der Waals surface area contributed by atoms with Crippen molar-refractivity contribution in [2.24, 2.45) is 0 Å². The smallest absolute Gasteiger partial charge is 0.252 e. The molecule has 0 spiro atoms. The molecule has 21 heavy (non-hydrogen) atoms. The lowest BCUT2D eigenvalue weighted by Crippen LogP contribution is -2.03. The van der Waals surface area contributed by atoms with E-state index in [0.717, 1.165) is 11.4 Å². The molecule has 0 saturated heterocycles. The third-order valence-electron chi connectivity index (χ3n) is 2.89. The summed E-state index contributed by atoms with van der Waals surface area (Å²) in [7, 11) is 1.60. The summed E-state index contributed by atoms with van der Waals surface area (Å²) in [5, 5.41) is 14.5. The number of halogens is 1. The van der Waals surface area contributed by atoms with E-state index in [0.29, 0.717) is 11.6 Å². The molecule has 1 heterocycles. The number of rotatable bonds is 4. The molecule has 0 amide bonds. The molecule has 0 radical (unpaired) electrons. The van der Waals surface area contributed by atoms with E-state index in [1.807, 2.05) is 24.3 Å². The third-order valence-corrected chi connectivity index (χ3v) is 2.89. The number of benzene rings is 2. The molecule has 0 fully saturated rings. The summed E-state index contributed by atoms with van der Waals surface area (Å²) in [6, 6.07) is 13.3. The predicted octanol–water partition coefficient (Wildman–Crippen LogP) is 2.55. The highest BCUT2D eigenvalue weighted by Gasteiger charge is 2.08. The first-order valence-electron chi connectivity index (χ1n) is 6.21. The number of anilines is 2. The van der Waals surface area contributed by atoms with Crippen molar-refractivity contribution in [2.45, 2.75) is 0 Å². The van der Waals surface area contributed by atoms with Crippen LogP contribution in [0.5, 0.6) is 5.75 Å². The van der Waals surface area contributed by atoms with Gasteiger partial charge < -0.3 is 10.1 Å². The molecule has 1 N–H and O–H groups in total. The Kier molecular flexibility index (Phi) is 3.46. The quantitative estimate of drug-likeness (QED) is 0.798. The van der Waals surface area contributed by atoms with Gasteiger partial charge in [-0.3, -0.25) is 0 Å².